The van der Waals surface area contributed by atoms with Crippen LogP contribution in [0.3, 0.4) is 0 Å². The van der Waals surface area contributed by atoms with Gasteiger partial charge in [-0.3, -0.25) is 18.6 Å². The molecule has 0 aromatic rings. The van der Waals surface area contributed by atoms with Gasteiger partial charge in [-0.1, -0.05) is 384 Å². The van der Waals surface area contributed by atoms with Crippen molar-refractivity contribution in [1.29, 1.82) is 0 Å². The van der Waals surface area contributed by atoms with Gasteiger partial charge in [-0.15, -0.1) is 0 Å². The standard InChI is InChI=1S/C77H148NO8P/c1-3-5-7-9-11-13-15-17-19-21-23-25-27-29-30-31-32-33-34-35-36-37-38-39-40-41-42-43-44-46-47-49-51-53-55-57-59-61-63-65-67-69-76(79)83-73-75(74-85-87(81,82)84-72-71-78)86-77(80)70-68-66-64-62-60-58-56-54-52-50-48-45-28-26-24-22-20-18-16-14-12-10-8-6-4-2/h16,18,22,24,28,45,75H,3-15,17,19-21,23,25-27,29-44,46-74,78H2,1-2H3,(H,81,82)/b18-16-,24-22-,45-28-. The van der Waals surface area contributed by atoms with Crippen LogP contribution >= 0.6 is 7.82 Å². The number of rotatable bonds is 74. The number of allylic oxidation sites excluding steroid dienone is 6. The number of hydrogen-bond donors (Lipinski definition) is 2. The molecule has 0 aliphatic carbocycles. The normalized spacial score (nSPS) is 13.0. The molecule has 2 atom stereocenters. The molecule has 87 heavy (non-hydrogen) atoms. The number of phosphoric acid groups is 1. The Balaban J connectivity index is 3.73. The first kappa shape index (κ1) is 85.2. The molecule has 0 aliphatic heterocycles. The molecule has 0 heterocycles. The average Bonchev–Trinajstić information content (AvgIpc) is 3.64. The quantitative estimate of drug-likeness (QED) is 0.0264. The van der Waals surface area contributed by atoms with Crippen molar-refractivity contribution in [3.63, 3.8) is 0 Å². The van der Waals surface area contributed by atoms with E-state index < -0.39 is 26.5 Å². The van der Waals surface area contributed by atoms with Crippen molar-refractivity contribution in [3.8, 4) is 0 Å². The second-order valence-electron chi connectivity index (χ2n) is 26.2. The third kappa shape index (κ3) is 73.2. The van der Waals surface area contributed by atoms with Crippen LogP contribution in [0, 0.1) is 0 Å². The predicted octanol–water partition coefficient (Wildman–Crippen LogP) is 25.4. The molecule has 0 aromatic carbocycles. The molecule has 2 unspecified atom stereocenters. The van der Waals surface area contributed by atoms with E-state index in [0.29, 0.717) is 6.42 Å². The lowest BCUT2D eigenvalue weighted by atomic mass is 10.0. The molecule has 0 fully saturated rings. The molecule has 0 spiro atoms. The van der Waals surface area contributed by atoms with Crippen LogP contribution in [0.15, 0.2) is 36.5 Å². The Kier molecular flexibility index (Phi) is 71.8. The summed E-state index contributed by atoms with van der Waals surface area (Å²) in [6, 6.07) is 0. The van der Waals surface area contributed by atoms with Crippen molar-refractivity contribution in [2.75, 3.05) is 26.4 Å². The fourth-order valence-electron chi connectivity index (χ4n) is 11.8. The summed E-state index contributed by atoms with van der Waals surface area (Å²) in [7, 11) is -4.39. The summed E-state index contributed by atoms with van der Waals surface area (Å²) >= 11 is 0. The summed E-state index contributed by atoms with van der Waals surface area (Å²) < 4.78 is 33.2. The van der Waals surface area contributed by atoms with E-state index in [1.54, 1.807) is 0 Å². The van der Waals surface area contributed by atoms with Gasteiger partial charge in [0.05, 0.1) is 13.2 Å². The Morgan fingerprint density at radius 1 is 0.345 bits per heavy atom. The van der Waals surface area contributed by atoms with Gasteiger partial charge in [0.15, 0.2) is 6.10 Å². The molecule has 10 heteroatoms. The van der Waals surface area contributed by atoms with Crippen LogP contribution in [0.4, 0.5) is 0 Å². The van der Waals surface area contributed by atoms with E-state index in [1.807, 2.05) is 0 Å². The SMILES string of the molecule is CCCCCCC/C=C\C/C=C\C/C=C\CCCCCCCCCCCCC(=O)OC(COC(=O)CCCCCCCCCCCCCCCCCCCCCCCCCCCCCCCCCCCCCCCCCCC)COP(=O)(O)OCCN. The van der Waals surface area contributed by atoms with Gasteiger partial charge in [0.25, 0.3) is 0 Å². The highest BCUT2D eigenvalue weighted by Gasteiger charge is 2.26. The van der Waals surface area contributed by atoms with Crippen LogP contribution in [0.2, 0.25) is 0 Å². The number of esters is 2. The van der Waals surface area contributed by atoms with Crippen molar-refractivity contribution >= 4 is 19.8 Å². The van der Waals surface area contributed by atoms with E-state index >= 15 is 0 Å². The molecule has 0 aliphatic rings. The highest BCUT2D eigenvalue weighted by molar-refractivity contribution is 7.47. The van der Waals surface area contributed by atoms with Crippen LogP contribution in [0.5, 0.6) is 0 Å². The van der Waals surface area contributed by atoms with Crippen molar-refractivity contribution in [3.05, 3.63) is 36.5 Å². The molecule has 0 radical (unpaired) electrons. The molecular formula is C77H148NO8P. The zero-order chi connectivity index (χ0) is 63.0. The average molecular weight is 1250 g/mol. The van der Waals surface area contributed by atoms with Gasteiger partial charge in [0, 0.05) is 19.4 Å². The number of carbonyl (C=O) groups is 2. The van der Waals surface area contributed by atoms with Gasteiger partial charge in [-0.05, 0) is 51.4 Å². The highest BCUT2D eigenvalue weighted by atomic mass is 31.2. The summed E-state index contributed by atoms with van der Waals surface area (Å²) in [5, 5.41) is 0. The van der Waals surface area contributed by atoms with Crippen molar-refractivity contribution in [2.45, 2.75) is 418 Å². The van der Waals surface area contributed by atoms with Crippen LogP contribution < -0.4 is 5.73 Å². The molecule has 9 nitrogen and oxygen atoms in total. The maximum atomic E-state index is 12.8. The van der Waals surface area contributed by atoms with E-state index in [9.17, 15) is 19.0 Å². The number of phosphoric ester groups is 1. The second-order valence-corrected chi connectivity index (χ2v) is 27.7. The lowest BCUT2D eigenvalue weighted by molar-refractivity contribution is -0.161. The molecule has 514 valence electrons. The fraction of sp³-hybridized carbons (Fsp3) is 0.896. The van der Waals surface area contributed by atoms with Crippen LogP contribution in [0.1, 0.15) is 412 Å². The van der Waals surface area contributed by atoms with Crippen LogP contribution in [-0.2, 0) is 32.7 Å². The zero-order valence-electron chi connectivity index (χ0n) is 58.0. The number of unbranched alkanes of at least 4 members (excludes halogenated alkanes) is 55. The van der Waals surface area contributed by atoms with E-state index in [-0.39, 0.29) is 38.6 Å². The van der Waals surface area contributed by atoms with Crippen LogP contribution in [0.25, 0.3) is 0 Å². The lowest BCUT2D eigenvalue weighted by Gasteiger charge is -2.19. The summed E-state index contributed by atoms with van der Waals surface area (Å²) in [5.41, 5.74) is 5.41. The van der Waals surface area contributed by atoms with E-state index in [1.165, 1.54) is 327 Å². The predicted molar refractivity (Wildman–Crippen MR) is 377 cm³/mol. The first-order valence-electron chi connectivity index (χ1n) is 38.5. The number of ether oxygens (including phenoxy) is 2. The van der Waals surface area contributed by atoms with Crippen molar-refractivity contribution < 1.29 is 37.6 Å². The molecule has 3 N–H and O–H groups in total. The molecule has 0 bridgehead atoms. The molecule has 0 rings (SSSR count). The Morgan fingerprint density at radius 3 is 0.885 bits per heavy atom. The minimum absolute atomic E-state index is 0.0541. The Bertz CT molecular complexity index is 1520. The van der Waals surface area contributed by atoms with E-state index in [4.69, 9.17) is 24.3 Å². The van der Waals surface area contributed by atoms with Crippen molar-refractivity contribution in [1.82, 2.24) is 0 Å². The highest BCUT2D eigenvalue weighted by Crippen LogP contribution is 2.43. The maximum absolute atomic E-state index is 12.8. The van der Waals surface area contributed by atoms with Gasteiger partial charge in [-0.2, -0.15) is 0 Å². The first-order valence-corrected chi connectivity index (χ1v) is 40.0. The third-order valence-electron chi connectivity index (χ3n) is 17.5. The summed E-state index contributed by atoms with van der Waals surface area (Å²) in [5.74, 6) is -0.812. The molecule has 0 aromatic heterocycles. The lowest BCUT2D eigenvalue weighted by Crippen LogP contribution is -2.29. The van der Waals surface area contributed by atoms with E-state index in [0.717, 1.165) is 51.4 Å². The minimum Gasteiger partial charge on any atom is -0.462 e. The third-order valence-corrected chi connectivity index (χ3v) is 18.5. The minimum atomic E-state index is -4.39. The molecule has 0 saturated heterocycles. The number of carbonyl (C=O) groups excluding carboxylic acids is 2. The zero-order valence-corrected chi connectivity index (χ0v) is 58.9. The summed E-state index contributed by atoms with van der Waals surface area (Å²) in [6.07, 6.45) is 92.9. The smallest absolute Gasteiger partial charge is 0.462 e. The van der Waals surface area contributed by atoms with Gasteiger partial charge in [0.1, 0.15) is 6.61 Å². The molecule has 0 amide bonds. The largest absolute Gasteiger partial charge is 0.472 e. The summed E-state index contributed by atoms with van der Waals surface area (Å²) in [6.45, 7) is 3.80. The number of hydrogen-bond acceptors (Lipinski definition) is 8. The fourth-order valence-corrected chi connectivity index (χ4v) is 12.6. The topological polar surface area (TPSA) is 134 Å². The van der Waals surface area contributed by atoms with Gasteiger partial charge < -0.3 is 20.1 Å². The van der Waals surface area contributed by atoms with E-state index in [2.05, 4.69) is 50.3 Å². The first-order chi connectivity index (χ1) is 42.8. The second kappa shape index (κ2) is 73.3. The van der Waals surface area contributed by atoms with Gasteiger partial charge in [-0.25, -0.2) is 4.57 Å². The number of nitrogens with two attached hydrogens (primary N) is 1. The summed E-state index contributed by atoms with van der Waals surface area (Å²) in [4.78, 5) is 35.4. The monoisotopic (exact) mass is 1250 g/mol. The van der Waals surface area contributed by atoms with Crippen molar-refractivity contribution in [2.24, 2.45) is 5.73 Å². The Morgan fingerprint density at radius 2 is 0.598 bits per heavy atom. The van der Waals surface area contributed by atoms with Gasteiger partial charge >= 0.3 is 19.8 Å². The molecule has 0 saturated carbocycles. The Labute approximate surface area is 541 Å². The molecular weight excluding hydrogens is 1100 g/mol. The maximum Gasteiger partial charge on any atom is 0.472 e. The van der Waals surface area contributed by atoms with Gasteiger partial charge in [0.2, 0.25) is 0 Å². The van der Waals surface area contributed by atoms with Crippen LogP contribution in [-0.4, -0.2) is 49.3 Å². The Hall–Kier alpha value is -1.77.